The molecule has 0 rings (SSSR count). The lowest BCUT2D eigenvalue weighted by molar-refractivity contribution is 0.680. The van der Waals surface area contributed by atoms with Crippen LogP contribution in [0.1, 0.15) is 6.92 Å². The van der Waals surface area contributed by atoms with Crippen LogP contribution in [0.25, 0.3) is 0 Å². The van der Waals surface area contributed by atoms with Gasteiger partial charge in [0.2, 0.25) is 5.96 Å². The molecular formula is C6H15N5OS. The largest absolute Gasteiger partial charge is 0.370 e. The minimum Gasteiger partial charge on any atom is -0.370 e. The molecule has 0 aromatic carbocycles. The van der Waals surface area contributed by atoms with Crippen LogP contribution in [0.2, 0.25) is 0 Å². The van der Waals surface area contributed by atoms with Gasteiger partial charge in [-0.25, -0.2) is 4.99 Å². The molecule has 0 aliphatic heterocycles. The van der Waals surface area contributed by atoms with Gasteiger partial charge in [0.1, 0.15) is 0 Å². The summed E-state index contributed by atoms with van der Waals surface area (Å²) in [5, 5.41) is 0. The molecule has 0 aromatic heterocycles. The fourth-order valence-corrected chi connectivity index (χ4v) is 1.52. The van der Waals surface area contributed by atoms with Gasteiger partial charge in [-0.1, -0.05) is 0 Å². The van der Waals surface area contributed by atoms with E-state index < -0.39 is 10.8 Å². The van der Waals surface area contributed by atoms with E-state index in [1.165, 1.54) is 0 Å². The molecule has 6 nitrogen and oxygen atoms in total. The third-order valence-corrected chi connectivity index (χ3v) is 2.02. The molecule has 0 bridgehead atoms. The van der Waals surface area contributed by atoms with Crippen molar-refractivity contribution in [3.05, 3.63) is 0 Å². The van der Waals surface area contributed by atoms with E-state index in [1.54, 1.807) is 13.2 Å². The van der Waals surface area contributed by atoms with Crippen LogP contribution in [-0.4, -0.2) is 34.2 Å². The van der Waals surface area contributed by atoms with Crippen molar-refractivity contribution in [1.82, 2.24) is 0 Å². The van der Waals surface area contributed by atoms with Gasteiger partial charge in [0.15, 0.2) is 5.96 Å². The Morgan fingerprint density at radius 2 is 2.00 bits per heavy atom. The second kappa shape index (κ2) is 5.52. The minimum atomic E-state index is -0.898. The highest BCUT2D eigenvalue weighted by Gasteiger charge is 2.02. The van der Waals surface area contributed by atoms with Crippen molar-refractivity contribution >= 4 is 22.7 Å². The quantitative estimate of drug-likeness (QED) is 0.377. The van der Waals surface area contributed by atoms with E-state index in [2.05, 4.69) is 9.98 Å². The average Bonchev–Trinajstić information content (AvgIpc) is 1.80. The van der Waals surface area contributed by atoms with Crippen molar-refractivity contribution in [2.24, 2.45) is 27.2 Å². The molecule has 0 amide bonds. The van der Waals surface area contributed by atoms with Gasteiger partial charge >= 0.3 is 0 Å². The highest BCUT2D eigenvalue weighted by molar-refractivity contribution is 7.84. The third kappa shape index (κ3) is 7.26. The summed E-state index contributed by atoms with van der Waals surface area (Å²) >= 11 is 0. The van der Waals surface area contributed by atoms with Crippen LogP contribution in [0.4, 0.5) is 0 Å². The summed E-state index contributed by atoms with van der Waals surface area (Å²) in [6.07, 6.45) is 1.60. The molecule has 0 heterocycles. The maximum atomic E-state index is 10.8. The molecule has 6 N–H and O–H groups in total. The smallest absolute Gasteiger partial charge is 0.218 e. The number of guanidine groups is 2. The summed E-state index contributed by atoms with van der Waals surface area (Å²) < 4.78 is 10.8. The highest BCUT2D eigenvalue weighted by Crippen LogP contribution is 1.92. The van der Waals surface area contributed by atoms with Crippen LogP contribution in [0.3, 0.4) is 0 Å². The van der Waals surface area contributed by atoms with Crippen molar-refractivity contribution in [2.45, 2.75) is 13.0 Å². The van der Waals surface area contributed by atoms with E-state index in [1.807, 2.05) is 0 Å². The van der Waals surface area contributed by atoms with E-state index in [0.29, 0.717) is 5.75 Å². The standard InChI is InChI=1S/C6H15N5OS/c1-4(3-13(2)12)10-6(9)11-5(7)8/h4H,3H2,1-2H3,(H6,7,8,9,10,11). The van der Waals surface area contributed by atoms with Gasteiger partial charge in [0.25, 0.3) is 0 Å². The number of hydrogen-bond acceptors (Lipinski definition) is 2. The molecule has 2 atom stereocenters. The monoisotopic (exact) mass is 205 g/mol. The van der Waals surface area contributed by atoms with Crippen LogP contribution in [0, 0.1) is 0 Å². The molecular weight excluding hydrogens is 190 g/mol. The van der Waals surface area contributed by atoms with E-state index in [-0.39, 0.29) is 18.0 Å². The van der Waals surface area contributed by atoms with Crippen molar-refractivity contribution < 1.29 is 4.21 Å². The second-order valence-corrected chi connectivity index (χ2v) is 4.09. The Hall–Kier alpha value is -1.11. The topological polar surface area (TPSA) is 120 Å². The Kier molecular flexibility index (Phi) is 5.05. The molecule has 0 saturated carbocycles. The summed E-state index contributed by atoms with van der Waals surface area (Å²) in [6.45, 7) is 1.79. The van der Waals surface area contributed by atoms with Crippen molar-refractivity contribution in [1.29, 1.82) is 0 Å². The summed E-state index contributed by atoms with van der Waals surface area (Å²) in [5.41, 5.74) is 15.5. The maximum absolute atomic E-state index is 10.8. The third-order valence-electron chi connectivity index (χ3n) is 1.07. The summed E-state index contributed by atoms with van der Waals surface area (Å²) in [5.74, 6) is 0.324. The fourth-order valence-electron chi connectivity index (χ4n) is 0.764. The van der Waals surface area contributed by atoms with Crippen LogP contribution >= 0.6 is 0 Å². The van der Waals surface area contributed by atoms with Crippen LogP contribution in [0.5, 0.6) is 0 Å². The first kappa shape index (κ1) is 11.9. The molecule has 76 valence electrons. The predicted molar refractivity (Wildman–Crippen MR) is 55.8 cm³/mol. The van der Waals surface area contributed by atoms with Gasteiger partial charge < -0.3 is 17.2 Å². The lowest BCUT2D eigenvalue weighted by atomic mass is 10.4. The number of aliphatic imine (C=N–C) groups is 2. The Balaban J connectivity index is 4.22. The SMILES string of the molecule is CC(CS(C)=O)N=C(N)N=C(N)N. The van der Waals surface area contributed by atoms with Gasteiger partial charge in [0.05, 0.1) is 6.04 Å². The first-order chi connectivity index (χ1) is 5.91. The molecule has 0 saturated heterocycles. The van der Waals surface area contributed by atoms with E-state index in [9.17, 15) is 4.21 Å². The Labute approximate surface area is 79.7 Å². The van der Waals surface area contributed by atoms with Gasteiger partial charge in [-0.15, -0.1) is 0 Å². The summed E-state index contributed by atoms with van der Waals surface area (Å²) in [6, 6.07) is -0.145. The number of rotatable bonds is 3. The van der Waals surface area contributed by atoms with Crippen LogP contribution in [0.15, 0.2) is 9.98 Å². The van der Waals surface area contributed by atoms with E-state index in [4.69, 9.17) is 17.2 Å². The average molecular weight is 205 g/mol. The molecule has 0 aromatic rings. The van der Waals surface area contributed by atoms with E-state index >= 15 is 0 Å². The first-order valence-electron chi connectivity index (χ1n) is 3.64. The van der Waals surface area contributed by atoms with Gasteiger partial charge in [-0.05, 0) is 6.92 Å². The van der Waals surface area contributed by atoms with Gasteiger partial charge in [-0.2, -0.15) is 4.99 Å². The number of nitrogens with zero attached hydrogens (tertiary/aromatic N) is 2. The number of nitrogens with two attached hydrogens (primary N) is 3. The minimum absolute atomic E-state index is 0.0120. The second-order valence-electron chi connectivity index (χ2n) is 2.61. The van der Waals surface area contributed by atoms with Crippen LogP contribution < -0.4 is 17.2 Å². The number of hydrogen-bond donors (Lipinski definition) is 3. The zero-order chi connectivity index (χ0) is 10.4. The van der Waals surface area contributed by atoms with Crippen LogP contribution in [-0.2, 0) is 10.8 Å². The lowest BCUT2D eigenvalue weighted by Gasteiger charge is -2.03. The van der Waals surface area contributed by atoms with Crippen molar-refractivity contribution in [3.8, 4) is 0 Å². The molecule has 0 aliphatic carbocycles. The molecule has 0 spiro atoms. The molecule has 7 heteroatoms. The Morgan fingerprint density at radius 1 is 1.46 bits per heavy atom. The molecule has 0 fully saturated rings. The lowest BCUT2D eigenvalue weighted by Crippen LogP contribution is -2.27. The maximum Gasteiger partial charge on any atom is 0.218 e. The van der Waals surface area contributed by atoms with Gasteiger partial charge in [0, 0.05) is 22.8 Å². The predicted octanol–water partition coefficient (Wildman–Crippen LogP) is -1.66. The zero-order valence-corrected chi connectivity index (χ0v) is 8.54. The Bertz CT molecular complexity index is 245. The molecule has 0 aliphatic rings. The Morgan fingerprint density at radius 3 is 2.38 bits per heavy atom. The highest BCUT2D eigenvalue weighted by atomic mass is 32.2. The summed E-state index contributed by atoms with van der Waals surface area (Å²) in [4.78, 5) is 7.44. The normalized spacial score (nSPS) is 16.3. The summed E-state index contributed by atoms with van der Waals surface area (Å²) in [7, 11) is -0.898. The van der Waals surface area contributed by atoms with Gasteiger partial charge in [-0.3, -0.25) is 4.21 Å². The van der Waals surface area contributed by atoms with E-state index in [0.717, 1.165) is 0 Å². The molecule has 0 radical (unpaired) electrons. The zero-order valence-electron chi connectivity index (χ0n) is 7.73. The first-order valence-corrected chi connectivity index (χ1v) is 5.37. The fraction of sp³-hybridized carbons (Fsp3) is 0.667. The molecule has 2 unspecified atom stereocenters. The molecule has 13 heavy (non-hydrogen) atoms. The van der Waals surface area contributed by atoms with Crippen molar-refractivity contribution in [2.75, 3.05) is 12.0 Å². The van der Waals surface area contributed by atoms with Crippen molar-refractivity contribution in [3.63, 3.8) is 0 Å².